The summed E-state index contributed by atoms with van der Waals surface area (Å²) in [5.41, 5.74) is 5.56. The van der Waals surface area contributed by atoms with Crippen molar-refractivity contribution >= 4 is 24.8 Å². The highest BCUT2D eigenvalue weighted by molar-refractivity contribution is 5.85. The molecule has 0 unspecified atom stereocenters. The lowest BCUT2D eigenvalue weighted by atomic mass is 9.95. The maximum atomic E-state index is 5.57. The fourth-order valence-corrected chi connectivity index (χ4v) is 1.52. The van der Waals surface area contributed by atoms with Crippen LogP contribution in [0.3, 0.4) is 0 Å². The molecule has 1 rings (SSSR count). The summed E-state index contributed by atoms with van der Waals surface area (Å²) in [5.74, 6) is 0. The normalized spacial score (nSPS) is 20.2. The summed E-state index contributed by atoms with van der Waals surface area (Å²) in [6.07, 6.45) is 0. The molecule has 1 saturated heterocycles. The first-order chi connectivity index (χ1) is 4.72. The van der Waals surface area contributed by atoms with Crippen molar-refractivity contribution in [1.82, 2.24) is 4.90 Å². The third-order valence-electron chi connectivity index (χ3n) is 1.94. The lowest BCUT2D eigenvalue weighted by Crippen LogP contribution is -2.65. The number of hydrogen-bond acceptors (Lipinski definition) is 3. The smallest absolute Gasteiger partial charge is 0.106 e. The molecule has 0 amide bonds. The van der Waals surface area contributed by atoms with Gasteiger partial charge in [-0.05, 0) is 14.0 Å². The van der Waals surface area contributed by atoms with Crippen molar-refractivity contribution in [2.24, 2.45) is 5.73 Å². The minimum Gasteiger partial charge on any atom is -0.371 e. The lowest BCUT2D eigenvalue weighted by molar-refractivity contribution is -0.125. The summed E-state index contributed by atoms with van der Waals surface area (Å²) < 4.78 is 5.52. The van der Waals surface area contributed by atoms with Crippen molar-refractivity contribution in [1.29, 1.82) is 0 Å². The van der Waals surface area contributed by atoms with E-state index < -0.39 is 0 Å². The van der Waals surface area contributed by atoms with Crippen molar-refractivity contribution in [3.63, 3.8) is 0 Å². The van der Waals surface area contributed by atoms with Gasteiger partial charge in [-0.25, -0.2) is 0 Å². The average molecular weight is 217 g/mol. The standard InChI is InChI=1S/C7H16N2O.2ClH/c1-3-10-7(4-8)5-9(2)6-7;;/h3-6,8H2,1-2H3;2*1H. The number of halogens is 2. The minimum absolute atomic E-state index is 0. The number of likely N-dealkylation sites (tertiary alicyclic amines) is 1. The maximum absolute atomic E-state index is 5.57. The van der Waals surface area contributed by atoms with E-state index in [0.29, 0.717) is 6.54 Å². The topological polar surface area (TPSA) is 38.5 Å². The molecule has 5 heteroatoms. The number of likely N-dealkylation sites (N-methyl/N-ethyl adjacent to an activating group) is 1. The van der Waals surface area contributed by atoms with Crippen molar-refractivity contribution in [2.45, 2.75) is 12.5 Å². The summed E-state index contributed by atoms with van der Waals surface area (Å²) in [6, 6.07) is 0. The number of nitrogens with zero attached hydrogens (tertiary/aromatic N) is 1. The fraction of sp³-hybridized carbons (Fsp3) is 1.00. The highest BCUT2D eigenvalue weighted by Crippen LogP contribution is 2.21. The lowest BCUT2D eigenvalue weighted by Gasteiger charge is -2.47. The second-order valence-corrected chi connectivity index (χ2v) is 2.99. The Labute approximate surface area is 86.4 Å². The van der Waals surface area contributed by atoms with Crippen molar-refractivity contribution in [2.75, 3.05) is 33.3 Å². The van der Waals surface area contributed by atoms with Crippen molar-refractivity contribution in [3.8, 4) is 0 Å². The van der Waals surface area contributed by atoms with Gasteiger partial charge in [-0.15, -0.1) is 24.8 Å². The molecule has 1 aliphatic rings. The Morgan fingerprint density at radius 3 is 2.17 bits per heavy atom. The van der Waals surface area contributed by atoms with Crippen LogP contribution in [-0.2, 0) is 4.74 Å². The summed E-state index contributed by atoms with van der Waals surface area (Å²) in [5, 5.41) is 0. The van der Waals surface area contributed by atoms with Gasteiger partial charge in [-0.3, -0.25) is 0 Å². The molecule has 1 heterocycles. The van der Waals surface area contributed by atoms with Crippen LogP contribution in [0.15, 0.2) is 0 Å². The molecule has 1 aliphatic heterocycles. The summed E-state index contributed by atoms with van der Waals surface area (Å²) in [6.45, 7) is 5.39. The van der Waals surface area contributed by atoms with Gasteiger partial charge in [-0.2, -0.15) is 0 Å². The van der Waals surface area contributed by atoms with E-state index in [4.69, 9.17) is 10.5 Å². The Kier molecular flexibility index (Phi) is 7.47. The van der Waals surface area contributed by atoms with Crippen molar-refractivity contribution in [3.05, 3.63) is 0 Å². The van der Waals surface area contributed by atoms with E-state index >= 15 is 0 Å². The Bertz CT molecular complexity index is 112. The SMILES string of the molecule is CCOC1(CN)CN(C)C1.Cl.Cl. The van der Waals surface area contributed by atoms with Gasteiger partial charge in [-0.1, -0.05) is 0 Å². The first-order valence-electron chi connectivity index (χ1n) is 3.75. The molecule has 0 saturated carbocycles. The molecule has 12 heavy (non-hydrogen) atoms. The van der Waals surface area contributed by atoms with E-state index in [1.807, 2.05) is 6.92 Å². The third-order valence-corrected chi connectivity index (χ3v) is 1.94. The molecule has 0 radical (unpaired) electrons. The van der Waals surface area contributed by atoms with Gasteiger partial charge >= 0.3 is 0 Å². The summed E-state index contributed by atoms with van der Waals surface area (Å²) in [7, 11) is 2.08. The number of hydrogen-bond donors (Lipinski definition) is 1. The van der Waals surface area contributed by atoms with Crippen LogP contribution < -0.4 is 5.73 Å². The molecule has 76 valence electrons. The van der Waals surface area contributed by atoms with E-state index in [1.54, 1.807) is 0 Å². The van der Waals surface area contributed by atoms with E-state index in [1.165, 1.54) is 0 Å². The van der Waals surface area contributed by atoms with Gasteiger partial charge in [0.2, 0.25) is 0 Å². The van der Waals surface area contributed by atoms with Crippen LogP contribution in [0.5, 0.6) is 0 Å². The first-order valence-corrected chi connectivity index (χ1v) is 3.75. The van der Waals surface area contributed by atoms with Crippen LogP contribution in [0.2, 0.25) is 0 Å². The maximum Gasteiger partial charge on any atom is 0.106 e. The van der Waals surface area contributed by atoms with Crippen LogP contribution in [-0.4, -0.2) is 43.8 Å². The van der Waals surface area contributed by atoms with Crippen LogP contribution in [0.4, 0.5) is 0 Å². The van der Waals surface area contributed by atoms with Gasteiger partial charge in [0.15, 0.2) is 0 Å². The highest BCUT2D eigenvalue weighted by atomic mass is 35.5. The van der Waals surface area contributed by atoms with E-state index in [-0.39, 0.29) is 30.4 Å². The first kappa shape index (κ1) is 15.0. The van der Waals surface area contributed by atoms with Crippen LogP contribution in [0.1, 0.15) is 6.92 Å². The van der Waals surface area contributed by atoms with Gasteiger partial charge in [0.1, 0.15) is 5.60 Å². The zero-order chi connectivity index (χ0) is 7.61. The monoisotopic (exact) mass is 216 g/mol. The molecule has 0 aromatic rings. The Morgan fingerprint density at radius 1 is 1.42 bits per heavy atom. The number of nitrogens with two attached hydrogens (primary N) is 1. The van der Waals surface area contributed by atoms with Gasteiger partial charge in [0.05, 0.1) is 0 Å². The number of rotatable bonds is 3. The van der Waals surface area contributed by atoms with E-state index in [9.17, 15) is 0 Å². The van der Waals surface area contributed by atoms with Crippen LogP contribution >= 0.6 is 24.8 Å². The molecule has 1 fully saturated rings. The molecular formula is C7H18Cl2N2O. The Morgan fingerprint density at radius 2 is 1.92 bits per heavy atom. The largest absolute Gasteiger partial charge is 0.371 e. The molecule has 0 aromatic heterocycles. The molecule has 0 bridgehead atoms. The quantitative estimate of drug-likeness (QED) is 0.748. The van der Waals surface area contributed by atoms with Gasteiger partial charge < -0.3 is 15.4 Å². The Balaban J connectivity index is 0. The third kappa shape index (κ3) is 3.07. The fourth-order valence-electron chi connectivity index (χ4n) is 1.52. The van der Waals surface area contributed by atoms with Crippen LogP contribution in [0.25, 0.3) is 0 Å². The second kappa shape index (κ2) is 6.00. The summed E-state index contributed by atoms with van der Waals surface area (Å²) >= 11 is 0. The predicted octanol–water partition coefficient (Wildman–Crippen LogP) is 0.509. The predicted molar refractivity (Wildman–Crippen MR) is 55.4 cm³/mol. The van der Waals surface area contributed by atoms with Crippen LogP contribution in [0, 0.1) is 0 Å². The summed E-state index contributed by atoms with van der Waals surface area (Å²) in [4.78, 5) is 2.21. The molecule has 0 aliphatic carbocycles. The average Bonchev–Trinajstić information content (AvgIpc) is 1.84. The number of ether oxygens (including phenoxy) is 1. The van der Waals surface area contributed by atoms with Crippen molar-refractivity contribution < 1.29 is 4.74 Å². The Hall–Kier alpha value is 0.460. The van der Waals surface area contributed by atoms with E-state index in [0.717, 1.165) is 19.7 Å². The van der Waals surface area contributed by atoms with Gasteiger partial charge in [0.25, 0.3) is 0 Å². The zero-order valence-electron chi connectivity index (χ0n) is 7.58. The minimum atomic E-state index is -0.0104. The van der Waals surface area contributed by atoms with Gasteiger partial charge in [0, 0.05) is 26.2 Å². The molecule has 0 spiro atoms. The highest BCUT2D eigenvalue weighted by Gasteiger charge is 2.40. The van der Waals surface area contributed by atoms with E-state index in [2.05, 4.69) is 11.9 Å². The molecular weight excluding hydrogens is 199 g/mol. The molecule has 3 nitrogen and oxygen atoms in total. The zero-order valence-corrected chi connectivity index (χ0v) is 9.21. The molecule has 0 aromatic carbocycles. The second-order valence-electron chi connectivity index (χ2n) is 2.99. The molecule has 0 atom stereocenters. The molecule has 2 N–H and O–H groups in total.